The molecule has 2 heterocycles. The Bertz CT molecular complexity index is 1080. The van der Waals surface area contributed by atoms with E-state index < -0.39 is 0 Å². The first-order chi connectivity index (χ1) is 15.4. The lowest BCUT2D eigenvalue weighted by molar-refractivity contribution is 0.0696. The number of benzene rings is 2. The lowest BCUT2D eigenvalue weighted by atomic mass is 10.0. The van der Waals surface area contributed by atoms with E-state index in [4.69, 9.17) is 0 Å². The molecular weight excluding hydrogens is 407 g/mol. The van der Waals surface area contributed by atoms with Crippen molar-refractivity contribution >= 4 is 11.8 Å². The van der Waals surface area contributed by atoms with Crippen LogP contribution in [0, 0.1) is 5.82 Å². The van der Waals surface area contributed by atoms with E-state index in [1.807, 2.05) is 36.9 Å². The summed E-state index contributed by atoms with van der Waals surface area (Å²) in [6.07, 6.45) is 3.01. The molecule has 32 heavy (non-hydrogen) atoms. The molecule has 2 amide bonds. The Morgan fingerprint density at radius 3 is 2.31 bits per heavy atom. The van der Waals surface area contributed by atoms with Gasteiger partial charge in [0, 0.05) is 24.7 Å². The van der Waals surface area contributed by atoms with Gasteiger partial charge in [-0.25, -0.2) is 9.07 Å². The molecule has 0 atom stereocenters. The Kier molecular flexibility index (Phi) is 6.35. The maximum absolute atomic E-state index is 13.3. The van der Waals surface area contributed by atoms with Crippen LogP contribution in [0.5, 0.6) is 0 Å². The zero-order valence-corrected chi connectivity index (χ0v) is 18.3. The molecule has 7 heteroatoms. The van der Waals surface area contributed by atoms with Gasteiger partial charge in [0.15, 0.2) is 0 Å². The summed E-state index contributed by atoms with van der Waals surface area (Å²) in [5.41, 5.74) is 2.73. The van der Waals surface area contributed by atoms with Crippen LogP contribution in [-0.2, 0) is 0 Å². The van der Waals surface area contributed by atoms with Crippen molar-refractivity contribution in [3.05, 3.63) is 83.4 Å². The van der Waals surface area contributed by atoms with Crippen LogP contribution in [0.25, 0.3) is 5.69 Å². The Morgan fingerprint density at radius 2 is 1.69 bits per heavy atom. The van der Waals surface area contributed by atoms with Crippen molar-refractivity contribution < 1.29 is 14.0 Å². The number of hydrogen-bond acceptors (Lipinski definition) is 3. The summed E-state index contributed by atoms with van der Waals surface area (Å²) in [5.74, 6) is -0.400. The summed E-state index contributed by atoms with van der Waals surface area (Å²) in [4.78, 5) is 27.5. The molecule has 1 aromatic heterocycles. The highest BCUT2D eigenvalue weighted by Crippen LogP contribution is 2.25. The molecular formula is C25H27FN4O2. The molecule has 1 aliphatic rings. The average Bonchev–Trinajstić information content (AvgIpc) is 3.26. The molecule has 0 radical (unpaired) electrons. The van der Waals surface area contributed by atoms with E-state index in [0.717, 1.165) is 11.4 Å². The zero-order chi connectivity index (χ0) is 22.7. The van der Waals surface area contributed by atoms with Gasteiger partial charge in [0.2, 0.25) is 0 Å². The minimum atomic E-state index is -0.314. The summed E-state index contributed by atoms with van der Waals surface area (Å²) >= 11 is 0. The SMILES string of the molecule is CC(C)c1c(C(=O)N2CCC(NC(=O)c3ccccc3)CC2)cnn1-c1ccc(F)cc1. The molecule has 6 nitrogen and oxygen atoms in total. The van der Waals surface area contributed by atoms with Gasteiger partial charge in [-0.15, -0.1) is 0 Å². The molecule has 1 N–H and O–H groups in total. The molecule has 1 fully saturated rings. The van der Waals surface area contributed by atoms with Gasteiger partial charge in [-0.3, -0.25) is 9.59 Å². The van der Waals surface area contributed by atoms with Crippen molar-refractivity contribution in [3.63, 3.8) is 0 Å². The van der Waals surface area contributed by atoms with Crippen molar-refractivity contribution in [1.29, 1.82) is 0 Å². The fourth-order valence-electron chi connectivity index (χ4n) is 4.12. The number of aromatic nitrogens is 2. The molecule has 1 aliphatic heterocycles. The molecule has 1 saturated heterocycles. The van der Waals surface area contributed by atoms with E-state index in [0.29, 0.717) is 37.1 Å². The van der Waals surface area contributed by atoms with Crippen molar-refractivity contribution in [2.24, 2.45) is 0 Å². The van der Waals surface area contributed by atoms with Crippen LogP contribution in [0.15, 0.2) is 60.8 Å². The van der Waals surface area contributed by atoms with Gasteiger partial charge in [-0.1, -0.05) is 32.0 Å². The smallest absolute Gasteiger partial charge is 0.257 e. The van der Waals surface area contributed by atoms with E-state index in [-0.39, 0.29) is 29.6 Å². The second-order valence-corrected chi connectivity index (χ2v) is 8.39. The summed E-state index contributed by atoms with van der Waals surface area (Å²) in [5, 5.41) is 7.50. The third-order valence-corrected chi connectivity index (χ3v) is 5.81. The topological polar surface area (TPSA) is 67.2 Å². The van der Waals surface area contributed by atoms with Crippen LogP contribution in [-0.4, -0.2) is 45.6 Å². The third-order valence-electron chi connectivity index (χ3n) is 5.81. The Morgan fingerprint density at radius 1 is 1.03 bits per heavy atom. The number of halogens is 1. The predicted octanol–water partition coefficient (Wildman–Crippen LogP) is 4.17. The second-order valence-electron chi connectivity index (χ2n) is 8.39. The first kappa shape index (κ1) is 21.7. The highest BCUT2D eigenvalue weighted by Gasteiger charge is 2.29. The number of rotatable bonds is 5. The van der Waals surface area contributed by atoms with Crippen molar-refractivity contribution in [3.8, 4) is 5.69 Å². The Hall–Kier alpha value is -3.48. The second kappa shape index (κ2) is 9.34. The summed E-state index contributed by atoms with van der Waals surface area (Å²) < 4.78 is 15.0. The van der Waals surface area contributed by atoms with Crippen molar-refractivity contribution in [1.82, 2.24) is 20.0 Å². The molecule has 0 bridgehead atoms. The van der Waals surface area contributed by atoms with Gasteiger partial charge in [0.1, 0.15) is 5.82 Å². The van der Waals surface area contributed by atoms with Gasteiger partial charge in [0.25, 0.3) is 11.8 Å². The third kappa shape index (κ3) is 4.56. The van der Waals surface area contributed by atoms with Gasteiger partial charge in [0.05, 0.1) is 23.1 Å². The summed E-state index contributed by atoms with van der Waals surface area (Å²) in [6.45, 7) is 5.16. The normalized spacial score (nSPS) is 14.6. The minimum Gasteiger partial charge on any atom is -0.349 e. The average molecular weight is 435 g/mol. The van der Waals surface area contributed by atoms with E-state index in [2.05, 4.69) is 10.4 Å². The summed E-state index contributed by atoms with van der Waals surface area (Å²) in [6, 6.07) is 15.3. The van der Waals surface area contributed by atoms with Gasteiger partial charge >= 0.3 is 0 Å². The number of likely N-dealkylation sites (tertiary alicyclic amines) is 1. The predicted molar refractivity (Wildman–Crippen MR) is 120 cm³/mol. The Balaban J connectivity index is 1.44. The van der Waals surface area contributed by atoms with E-state index >= 15 is 0 Å². The number of carbonyl (C=O) groups excluding carboxylic acids is 2. The van der Waals surface area contributed by atoms with Crippen LogP contribution in [0.2, 0.25) is 0 Å². The fourth-order valence-corrected chi connectivity index (χ4v) is 4.12. The number of hydrogen-bond donors (Lipinski definition) is 1. The maximum Gasteiger partial charge on any atom is 0.257 e. The van der Waals surface area contributed by atoms with Gasteiger partial charge in [-0.05, 0) is 55.2 Å². The number of amides is 2. The van der Waals surface area contributed by atoms with Crippen LogP contribution in [0.4, 0.5) is 4.39 Å². The first-order valence-electron chi connectivity index (χ1n) is 10.9. The highest BCUT2D eigenvalue weighted by molar-refractivity contribution is 5.96. The first-order valence-corrected chi connectivity index (χ1v) is 10.9. The number of nitrogens with one attached hydrogen (secondary N) is 1. The monoisotopic (exact) mass is 434 g/mol. The molecule has 3 aromatic rings. The molecule has 166 valence electrons. The molecule has 0 saturated carbocycles. The largest absolute Gasteiger partial charge is 0.349 e. The maximum atomic E-state index is 13.3. The van der Waals surface area contributed by atoms with Crippen LogP contribution in [0.1, 0.15) is 59.0 Å². The molecule has 2 aromatic carbocycles. The van der Waals surface area contributed by atoms with Crippen molar-refractivity contribution in [2.45, 2.75) is 38.6 Å². The molecule has 0 unspecified atom stereocenters. The number of piperidine rings is 1. The van der Waals surface area contributed by atoms with Crippen molar-refractivity contribution in [2.75, 3.05) is 13.1 Å². The van der Waals surface area contributed by atoms with E-state index in [1.54, 1.807) is 35.1 Å². The standard InChI is InChI=1S/C25H27FN4O2/c1-17(2)23-22(16-27-30(23)21-10-8-19(26)9-11-21)25(32)29-14-12-20(13-15-29)28-24(31)18-6-4-3-5-7-18/h3-11,16-17,20H,12-15H2,1-2H3,(H,28,31). The zero-order valence-electron chi connectivity index (χ0n) is 18.3. The molecule has 4 rings (SSSR count). The number of carbonyl (C=O) groups is 2. The van der Waals surface area contributed by atoms with E-state index in [9.17, 15) is 14.0 Å². The summed E-state index contributed by atoms with van der Waals surface area (Å²) in [7, 11) is 0. The quantitative estimate of drug-likeness (QED) is 0.655. The minimum absolute atomic E-state index is 0.0401. The van der Waals surface area contributed by atoms with Crippen LogP contribution >= 0.6 is 0 Å². The van der Waals surface area contributed by atoms with Gasteiger partial charge < -0.3 is 10.2 Å². The number of nitrogens with zero attached hydrogens (tertiary/aromatic N) is 3. The van der Waals surface area contributed by atoms with Gasteiger partial charge in [-0.2, -0.15) is 5.10 Å². The lowest BCUT2D eigenvalue weighted by Gasteiger charge is -2.32. The fraction of sp³-hybridized carbons (Fsp3) is 0.320. The van der Waals surface area contributed by atoms with Crippen LogP contribution in [0.3, 0.4) is 0 Å². The lowest BCUT2D eigenvalue weighted by Crippen LogP contribution is -2.46. The van der Waals surface area contributed by atoms with E-state index in [1.165, 1.54) is 12.1 Å². The molecule has 0 spiro atoms. The highest BCUT2D eigenvalue weighted by atomic mass is 19.1. The van der Waals surface area contributed by atoms with Crippen LogP contribution < -0.4 is 5.32 Å². The molecule has 0 aliphatic carbocycles. The Labute approximate surface area is 187 Å².